The van der Waals surface area contributed by atoms with E-state index in [1.54, 1.807) is 35.2 Å². The number of nitrogens with zero attached hydrogens (tertiary/aromatic N) is 3. The van der Waals surface area contributed by atoms with Crippen LogP contribution in [0.3, 0.4) is 0 Å². The quantitative estimate of drug-likeness (QED) is 0.624. The summed E-state index contributed by atoms with van der Waals surface area (Å²) in [5, 5.41) is 13.7. The van der Waals surface area contributed by atoms with E-state index in [9.17, 15) is 9.59 Å². The van der Waals surface area contributed by atoms with Crippen molar-refractivity contribution >= 4 is 40.9 Å². The van der Waals surface area contributed by atoms with Crippen molar-refractivity contribution in [3.63, 3.8) is 0 Å². The summed E-state index contributed by atoms with van der Waals surface area (Å²) < 4.78 is 1.70. The highest BCUT2D eigenvalue weighted by molar-refractivity contribution is 6.34. The average molecular weight is 396 g/mol. The lowest BCUT2D eigenvalue weighted by Crippen LogP contribution is -2.09. The number of benzene rings is 2. The summed E-state index contributed by atoms with van der Waals surface area (Å²) in [6, 6.07) is 14.7. The third-order valence-electron chi connectivity index (χ3n) is 3.70. The summed E-state index contributed by atoms with van der Waals surface area (Å²) in [7, 11) is 0. The van der Waals surface area contributed by atoms with E-state index in [4.69, 9.17) is 11.6 Å². The van der Waals surface area contributed by atoms with Crippen LogP contribution in [0.25, 0.3) is 6.08 Å². The molecule has 0 radical (unpaired) electrons. The lowest BCUT2D eigenvalue weighted by atomic mass is 10.2. The van der Waals surface area contributed by atoms with Crippen molar-refractivity contribution < 1.29 is 9.59 Å². The second kappa shape index (κ2) is 8.96. The molecule has 3 aromatic rings. The van der Waals surface area contributed by atoms with Gasteiger partial charge in [-0.05, 0) is 29.8 Å². The van der Waals surface area contributed by atoms with Crippen molar-refractivity contribution in [2.45, 2.75) is 13.5 Å². The van der Waals surface area contributed by atoms with Crippen LogP contribution in [-0.4, -0.2) is 26.8 Å². The van der Waals surface area contributed by atoms with Gasteiger partial charge in [-0.2, -0.15) is 0 Å². The Kier molecular flexibility index (Phi) is 6.18. The minimum absolute atomic E-state index is 0.220. The molecule has 0 aliphatic heterocycles. The molecule has 142 valence electrons. The number of hydrogen-bond acceptors (Lipinski definition) is 4. The number of amides is 2. The van der Waals surface area contributed by atoms with E-state index in [1.807, 2.05) is 30.3 Å². The number of hydrogen-bond donors (Lipinski definition) is 2. The zero-order chi connectivity index (χ0) is 19.9. The topological polar surface area (TPSA) is 88.9 Å². The molecule has 0 spiro atoms. The van der Waals surface area contributed by atoms with E-state index >= 15 is 0 Å². The minimum Gasteiger partial charge on any atom is -0.325 e. The number of rotatable bonds is 6. The van der Waals surface area contributed by atoms with Crippen LogP contribution in [0.1, 0.15) is 18.2 Å². The molecule has 1 aromatic heterocycles. The van der Waals surface area contributed by atoms with Crippen molar-refractivity contribution in [3.8, 4) is 0 Å². The summed E-state index contributed by atoms with van der Waals surface area (Å²) in [5.74, 6) is -0.553. The van der Waals surface area contributed by atoms with Gasteiger partial charge in [0.15, 0.2) is 0 Å². The number of nitrogens with one attached hydrogen (secondary N) is 2. The van der Waals surface area contributed by atoms with Crippen molar-refractivity contribution in [1.82, 2.24) is 15.0 Å². The molecule has 0 fully saturated rings. The molecular weight excluding hydrogens is 378 g/mol. The smallest absolute Gasteiger partial charge is 0.248 e. The maximum Gasteiger partial charge on any atom is 0.248 e. The highest BCUT2D eigenvalue weighted by atomic mass is 35.5. The monoisotopic (exact) mass is 395 g/mol. The Bertz CT molecular complexity index is 1010. The summed E-state index contributed by atoms with van der Waals surface area (Å²) >= 11 is 6.09. The second-order valence-electron chi connectivity index (χ2n) is 6.02. The molecule has 7 nitrogen and oxygen atoms in total. The third kappa shape index (κ3) is 5.52. The Morgan fingerprint density at radius 3 is 2.64 bits per heavy atom. The molecule has 8 heteroatoms. The van der Waals surface area contributed by atoms with Gasteiger partial charge in [-0.3, -0.25) is 9.59 Å². The molecule has 2 N–H and O–H groups in total. The predicted molar refractivity (Wildman–Crippen MR) is 109 cm³/mol. The number of aromatic nitrogens is 3. The fraction of sp³-hybridized carbons (Fsp3) is 0.100. The standard InChI is InChI=1S/C20H18ClN5O2/c1-14(27)22-19-9-7-16(11-18(19)21)23-20(28)10-8-17-13-26(25-24-17)12-15-5-3-2-4-6-15/h2-11,13H,12H2,1H3,(H,22,27)(H,23,28)/b10-8+. The molecule has 0 saturated heterocycles. The van der Waals surface area contributed by atoms with Crippen LogP contribution < -0.4 is 10.6 Å². The largest absolute Gasteiger partial charge is 0.325 e. The van der Waals surface area contributed by atoms with Gasteiger partial charge >= 0.3 is 0 Å². The molecule has 2 amide bonds. The highest BCUT2D eigenvalue weighted by Gasteiger charge is 2.05. The number of carbonyl (C=O) groups excluding carboxylic acids is 2. The van der Waals surface area contributed by atoms with Crippen LogP contribution in [0.15, 0.2) is 60.8 Å². The number of carbonyl (C=O) groups is 2. The molecule has 0 aliphatic rings. The number of anilines is 2. The normalized spacial score (nSPS) is 10.8. The summed E-state index contributed by atoms with van der Waals surface area (Å²) in [4.78, 5) is 23.2. The van der Waals surface area contributed by atoms with Gasteiger partial charge in [-0.15, -0.1) is 5.10 Å². The van der Waals surface area contributed by atoms with Gasteiger partial charge in [0.05, 0.1) is 23.5 Å². The van der Waals surface area contributed by atoms with Crippen molar-refractivity contribution in [1.29, 1.82) is 0 Å². The zero-order valence-corrected chi connectivity index (χ0v) is 15.8. The molecule has 2 aromatic carbocycles. The van der Waals surface area contributed by atoms with Crippen LogP contribution in [-0.2, 0) is 16.1 Å². The maximum atomic E-state index is 12.1. The minimum atomic E-state index is -0.332. The molecule has 0 aliphatic carbocycles. The van der Waals surface area contributed by atoms with Gasteiger partial charge in [-0.1, -0.05) is 47.1 Å². The first kappa shape index (κ1) is 19.3. The molecule has 3 rings (SSSR count). The van der Waals surface area contributed by atoms with Crippen molar-refractivity contribution in [3.05, 3.63) is 77.1 Å². The fourth-order valence-electron chi connectivity index (χ4n) is 2.47. The van der Waals surface area contributed by atoms with Crippen LogP contribution in [0.2, 0.25) is 5.02 Å². The fourth-order valence-corrected chi connectivity index (χ4v) is 2.69. The van der Waals surface area contributed by atoms with Crippen LogP contribution in [0.4, 0.5) is 11.4 Å². The van der Waals surface area contributed by atoms with E-state index < -0.39 is 0 Å². The second-order valence-corrected chi connectivity index (χ2v) is 6.43. The molecule has 0 saturated carbocycles. The van der Waals surface area contributed by atoms with E-state index in [0.29, 0.717) is 28.6 Å². The van der Waals surface area contributed by atoms with Gasteiger partial charge in [0.1, 0.15) is 5.69 Å². The van der Waals surface area contributed by atoms with Crippen LogP contribution >= 0.6 is 11.6 Å². The Morgan fingerprint density at radius 2 is 1.93 bits per heavy atom. The van der Waals surface area contributed by atoms with Crippen molar-refractivity contribution in [2.75, 3.05) is 10.6 Å². The number of halogens is 1. The first-order valence-electron chi connectivity index (χ1n) is 8.50. The van der Waals surface area contributed by atoms with Gasteiger partial charge in [-0.25, -0.2) is 4.68 Å². The molecule has 0 unspecified atom stereocenters. The van der Waals surface area contributed by atoms with Gasteiger partial charge in [0.2, 0.25) is 11.8 Å². The summed E-state index contributed by atoms with van der Waals surface area (Å²) in [6.07, 6.45) is 4.71. The van der Waals surface area contributed by atoms with E-state index in [-0.39, 0.29) is 11.8 Å². The molecule has 0 bridgehead atoms. The zero-order valence-electron chi connectivity index (χ0n) is 15.1. The van der Waals surface area contributed by atoms with Gasteiger partial charge in [0.25, 0.3) is 0 Å². The Hall–Kier alpha value is -3.45. The Morgan fingerprint density at radius 1 is 1.14 bits per heavy atom. The van der Waals surface area contributed by atoms with E-state index in [0.717, 1.165) is 5.56 Å². The van der Waals surface area contributed by atoms with Crippen LogP contribution in [0.5, 0.6) is 0 Å². The summed E-state index contributed by atoms with van der Waals surface area (Å²) in [6.45, 7) is 2.00. The first-order valence-corrected chi connectivity index (χ1v) is 8.87. The highest BCUT2D eigenvalue weighted by Crippen LogP contribution is 2.25. The Labute approximate surface area is 167 Å². The first-order chi connectivity index (χ1) is 13.5. The van der Waals surface area contributed by atoms with E-state index in [1.165, 1.54) is 13.0 Å². The predicted octanol–water partition coefficient (Wildman–Crippen LogP) is 3.59. The van der Waals surface area contributed by atoms with Gasteiger partial charge in [0, 0.05) is 18.7 Å². The Balaban J connectivity index is 1.58. The molecule has 28 heavy (non-hydrogen) atoms. The van der Waals surface area contributed by atoms with E-state index in [2.05, 4.69) is 20.9 Å². The average Bonchev–Trinajstić information content (AvgIpc) is 3.10. The molecule has 1 heterocycles. The SMILES string of the molecule is CC(=O)Nc1ccc(NC(=O)/C=C/c2cn(Cc3ccccc3)nn2)cc1Cl. The lowest BCUT2D eigenvalue weighted by molar-refractivity contribution is -0.114. The molecule has 0 atom stereocenters. The lowest BCUT2D eigenvalue weighted by Gasteiger charge is -2.07. The van der Waals surface area contributed by atoms with Gasteiger partial charge < -0.3 is 10.6 Å². The molecular formula is C20H18ClN5O2. The summed E-state index contributed by atoms with van der Waals surface area (Å²) in [5.41, 5.74) is 2.68. The third-order valence-corrected chi connectivity index (χ3v) is 4.01. The van der Waals surface area contributed by atoms with Crippen molar-refractivity contribution in [2.24, 2.45) is 0 Å². The maximum absolute atomic E-state index is 12.1. The van der Waals surface area contributed by atoms with Crippen LogP contribution in [0, 0.1) is 0 Å².